The van der Waals surface area contributed by atoms with E-state index in [0.717, 1.165) is 18.7 Å². The molecule has 0 spiro atoms. The quantitative estimate of drug-likeness (QED) is 0.848. The SMILES string of the molecule is O=C1NCCN(Cc2ccc(N3CCCCC3)cc2)C1=O. The third-order valence-corrected chi connectivity index (χ3v) is 4.18. The molecule has 3 rings (SSSR count). The molecule has 21 heavy (non-hydrogen) atoms. The molecular formula is C16H21N3O2. The summed E-state index contributed by atoms with van der Waals surface area (Å²) in [5.41, 5.74) is 2.32. The third kappa shape index (κ3) is 3.17. The van der Waals surface area contributed by atoms with Crippen LogP contribution in [0.4, 0.5) is 5.69 Å². The van der Waals surface area contributed by atoms with Gasteiger partial charge in [0, 0.05) is 38.4 Å². The monoisotopic (exact) mass is 287 g/mol. The number of nitrogens with zero attached hydrogens (tertiary/aromatic N) is 2. The molecule has 5 nitrogen and oxygen atoms in total. The van der Waals surface area contributed by atoms with Crippen LogP contribution in [0.5, 0.6) is 0 Å². The predicted molar refractivity (Wildman–Crippen MR) is 80.9 cm³/mol. The summed E-state index contributed by atoms with van der Waals surface area (Å²) < 4.78 is 0. The first-order valence-electron chi connectivity index (χ1n) is 7.65. The van der Waals surface area contributed by atoms with E-state index < -0.39 is 11.8 Å². The fourth-order valence-corrected chi connectivity index (χ4v) is 2.96. The van der Waals surface area contributed by atoms with Crippen LogP contribution < -0.4 is 10.2 Å². The average Bonchev–Trinajstić information content (AvgIpc) is 2.53. The van der Waals surface area contributed by atoms with Crippen LogP contribution in [0.2, 0.25) is 0 Å². The Morgan fingerprint density at radius 3 is 2.38 bits per heavy atom. The second-order valence-electron chi connectivity index (χ2n) is 5.70. The molecule has 2 amide bonds. The Morgan fingerprint density at radius 2 is 1.67 bits per heavy atom. The lowest BCUT2D eigenvalue weighted by Crippen LogP contribution is -2.51. The summed E-state index contributed by atoms with van der Waals surface area (Å²) >= 11 is 0. The number of nitrogens with one attached hydrogen (secondary N) is 1. The van der Waals surface area contributed by atoms with Crippen molar-refractivity contribution in [2.45, 2.75) is 25.8 Å². The van der Waals surface area contributed by atoms with Gasteiger partial charge in [0.05, 0.1) is 0 Å². The molecular weight excluding hydrogens is 266 g/mol. The van der Waals surface area contributed by atoms with Gasteiger partial charge in [-0.2, -0.15) is 0 Å². The van der Waals surface area contributed by atoms with Crippen LogP contribution in [0.1, 0.15) is 24.8 Å². The van der Waals surface area contributed by atoms with Crippen molar-refractivity contribution in [2.75, 3.05) is 31.1 Å². The van der Waals surface area contributed by atoms with Gasteiger partial charge < -0.3 is 15.1 Å². The number of anilines is 1. The zero-order chi connectivity index (χ0) is 14.7. The summed E-state index contributed by atoms with van der Waals surface area (Å²) in [4.78, 5) is 27.1. The Labute approximate surface area is 124 Å². The van der Waals surface area contributed by atoms with Gasteiger partial charge in [-0.15, -0.1) is 0 Å². The molecule has 1 N–H and O–H groups in total. The number of piperazine rings is 1. The van der Waals surface area contributed by atoms with E-state index in [2.05, 4.69) is 34.5 Å². The number of carbonyl (C=O) groups is 2. The van der Waals surface area contributed by atoms with Gasteiger partial charge in [0.1, 0.15) is 0 Å². The maximum atomic E-state index is 11.7. The zero-order valence-corrected chi connectivity index (χ0v) is 12.2. The van der Waals surface area contributed by atoms with E-state index in [1.54, 1.807) is 4.90 Å². The highest BCUT2D eigenvalue weighted by atomic mass is 16.2. The molecule has 0 saturated carbocycles. The molecule has 2 aliphatic heterocycles. The first-order valence-corrected chi connectivity index (χ1v) is 7.65. The van der Waals surface area contributed by atoms with Crippen molar-refractivity contribution in [1.82, 2.24) is 10.2 Å². The minimum absolute atomic E-state index is 0.429. The highest BCUT2D eigenvalue weighted by Gasteiger charge is 2.25. The smallest absolute Gasteiger partial charge is 0.312 e. The van der Waals surface area contributed by atoms with Crippen molar-refractivity contribution >= 4 is 17.5 Å². The average molecular weight is 287 g/mol. The molecule has 2 fully saturated rings. The molecule has 1 aromatic carbocycles. The molecule has 0 aliphatic carbocycles. The second kappa shape index (κ2) is 6.16. The molecule has 0 atom stereocenters. The van der Waals surface area contributed by atoms with Crippen molar-refractivity contribution in [1.29, 1.82) is 0 Å². The molecule has 2 heterocycles. The molecule has 0 unspecified atom stereocenters. The number of carbonyl (C=O) groups excluding carboxylic acids is 2. The topological polar surface area (TPSA) is 52.7 Å². The number of hydrogen-bond acceptors (Lipinski definition) is 3. The normalized spacial score (nSPS) is 19.6. The van der Waals surface area contributed by atoms with E-state index in [9.17, 15) is 9.59 Å². The van der Waals surface area contributed by atoms with Gasteiger partial charge >= 0.3 is 11.8 Å². The third-order valence-electron chi connectivity index (χ3n) is 4.18. The summed E-state index contributed by atoms with van der Waals surface area (Å²) in [6.07, 6.45) is 3.85. The summed E-state index contributed by atoms with van der Waals surface area (Å²) in [5.74, 6) is -0.924. The fourth-order valence-electron chi connectivity index (χ4n) is 2.96. The molecule has 0 radical (unpaired) electrons. The standard InChI is InChI=1S/C16H21N3O2/c20-15-16(21)19(11-8-17-15)12-13-4-6-14(7-5-13)18-9-2-1-3-10-18/h4-7H,1-3,8-12H2,(H,17,20). The van der Waals surface area contributed by atoms with Crippen LogP contribution in [0.15, 0.2) is 24.3 Å². The minimum Gasteiger partial charge on any atom is -0.372 e. The van der Waals surface area contributed by atoms with Crippen LogP contribution in [0, 0.1) is 0 Å². The second-order valence-corrected chi connectivity index (χ2v) is 5.70. The van der Waals surface area contributed by atoms with Crippen molar-refractivity contribution < 1.29 is 9.59 Å². The number of hydrogen-bond donors (Lipinski definition) is 1. The number of benzene rings is 1. The molecule has 0 aromatic heterocycles. The lowest BCUT2D eigenvalue weighted by atomic mass is 10.1. The first-order chi connectivity index (χ1) is 10.2. The fraction of sp³-hybridized carbons (Fsp3) is 0.500. The van der Waals surface area contributed by atoms with Crippen LogP contribution in [0.25, 0.3) is 0 Å². The lowest BCUT2D eigenvalue weighted by Gasteiger charge is -2.29. The summed E-state index contributed by atoms with van der Waals surface area (Å²) in [6.45, 7) is 3.88. The maximum absolute atomic E-state index is 11.7. The Balaban J connectivity index is 1.64. The molecule has 2 aliphatic rings. The van der Waals surface area contributed by atoms with E-state index in [0.29, 0.717) is 19.6 Å². The van der Waals surface area contributed by atoms with E-state index in [1.807, 2.05) is 0 Å². The van der Waals surface area contributed by atoms with E-state index in [-0.39, 0.29) is 0 Å². The van der Waals surface area contributed by atoms with Crippen molar-refractivity contribution in [3.05, 3.63) is 29.8 Å². The Bertz CT molecular complexity index is 521. The first kappa shape index (κ1) is 13.9. The maximum Gasteiger partial charge on any atom is 0.312 e. The van der Waals surface area contributed by atoms with E-state index in [1.165, 1.54) is 24.9 Å². The molecule has 5 heteroatoms. The number of amides is 2. The lowest BCUT2D eigenvalue weighted by molar-refractivity contribution is -0.148. The molecule has 1 aromatic rings. The van der Waals surface area contributed by atoms with Gasteiger partial charge in [-0.1, -0.05) is 12.1 Å². The van der Waals surface area contributed by atoms with Crippen LogP contribution >= 0.6 is 0 Å². The van der Waals surface area contributed by atoms with Gasteiger partial charge in [-0.3, -0.25) is 9.59 Å². The predicted octanol–water partition coefficient (Wildman–Crippen LogP) is 1.14. The Kier molecular flexibility index (Phi) is 4.08. The molecule has 0 bridgehead atoms. The van der Waals surface area contributed by atoms with Gasteiger partial charge in [0.15, 0.2) is 0 Å². The van der Waals surface area contributed by atoms with Gasteiger partial charge in [-0.25, -0.2) is 0 Å². The van der Waals surface area contributed by atoms with Crippen molar-refractivity contribution in [2.24, 2.45) is 0 Å². The number of rotatable bonds is 3. The minimum atomic E-state index is -0.494. The summed E-state index contributed by atoms with van der Waals surface area (Å²) in [6, 6.07) is 8.36. The molecule has 112 valence electrons. The Morgan fingerprint density at radius 1 is 0.952 bits per heavy atom. The largest absolute Gasteiger partial charge is 0.372 e. The van der Waals surface area contributed by atoms with Gasteiger partial charge in [0.2, 0.25) is 0 Å². The molecule has 2 saturated heterocycles. The zero-order valence-electron chi connectivity index (χ0n) is 12.2. The Hall–Kier alpha value is -2.04. The van der Waals surface area contributed by atoms with E-state index in [4.69, 9.17) is 0 Å². The van der Waals surface area contributed by atoms with Crippen molar-refractivity contribution in [3.63, 3.8) is 0 Å². The van der Waals surface area contributed by atoms with Crippen LogP contribution in [-0.2, 0) is 16.1 Å². The number of piperidine rings is 1. The van der Waals surface area contributed by atoms with Gasteiger partial charge in [-0.05, 0) is 37.0 Å². The van der Waals surface area contributed by atoms with Crippen LogP contribution in [0.3, 0.4) is 0 Å². The van der Waals surface area contributed by atoms with E-state index >= 15 is 0 Å². The highest BCUT2D eigenvalue weighted by Crippen LogP contribution is 2.20. The highest BCUT2D eigenvalue weighted by molar-refractivity contribution is 6.35. The van der Waals surface area contributed by atoms with Crippen LogP contribution in [-0.4, -0.2) is 42.9 Å². The van der Waals surface area contributed by atoms with Gasteiger partial charge in [0.25, 0.3) is 0 Å². The summed E-state index contributed by atoms with van der Waals surface area (Å²) in [5, 5.41) is 2.56. The van der Waals surface area contributed by atoms with Crippen molar-refractivity contribution in [3.8, 4) is 0 Å². The summed E-state index contributed by atoms with van der Waals surface area (Å²) in [7, 11) is 0.